The molecule has 6 aromatic rings. The number of rotatable bonds is 65. The fraction of sp³-hybridized carbons (Fsp3) is 0.568. The maximum atomic E-state index is 15.5. The molecule has 0 bridgehead atoms. The Bertz CT molecular complexity index is 4340. The molecule has 6 rings (SSSR count). The molecular formula is C81H119FN20O24. The number of benzene rings is 3. The third-order valence-electron chi connectivity index (χ3n) is 19.1. The van der Waals surface area contributed by atoms with Crippen molar-refractivity contribution in [2.45, 2.75) is 160 Å². The average molecular weight is 1780 g/mol. The second kappa shape index (κ2) is 55.8. The summed E-state index contributed by atoms with van der Waals surface area (Å²) in [6.07, 6.45) is 1.25. The summed E-state index contributed by atoms with van der Waals surface area (Å²) in [5.41, 5.74) is 11.4. The molecule has 0 radical (unpaired) electrons. The van der Waals surface area contributed by atoms with Crippen LogP contribution in [0.4, 0.5) is 4.39 Å². The highest BCUT2D eigenvalue weighted by Crippen LogP contribution is 2.29. The molecule has 0 fully saturated rings. The van der Waals surface area contributed by atoms with E-state index in [1.54, 1.807) is 35.1 Å². The van der Waals surface area contributed by atoms with Crippen LogP contribution in [0, 0.1) is 11.2 Å². The van der Waals surface area contributed by atoms with Crippen molar-refractivity contribution in [2.75, 3.05) is 132 Å². The van der Waals surface area contributed by atoms with Crippen LogP contribution in [0.1, 0.15) is 94.7 Å². The van der Waals surface area contributed by atoms with Crippen molar-refractivity contribution in [3.63, 3.8) is 0 Å². The number of imidazole rings is 1. The molecule has 3 heterocycles. The van der Waals surface area contributed by atoms with Gasteiger partial charge in [0.05, 0.1) is 157 Å². The van der Waals surface area contributed by atoms with Crippen molar-refractivity contribution in [2.24, 2.45) is 16.9 Å². The van der Waals surface area contributed by atoms with Crippen molar-refractivity contribution in [3.8, 4) is 16.9 Å². The molecule has 9 atom stereocenters. The molecule has 0 saturated heterocycles. The first-order valence-electron chi connectivity index (χ1n) is 41.1. The van der Waals surface area contributed by atoms with Crippen LogP contribution < -0.4 is 64.1 Å². The number of amides is 10. The largest absolute Gasteiger partial charge is 0.494 e. The molecule has 45 heteroatoms. The standard InChI is InChI=1S/C81H119FN20O24/c1-7-54-41-59(126-24-11-10-23-102-47-58(96-101-102)49-125-39-38-124-37-36-123-35-34-122-33-32-121-31-30-120-29-28-119-27-26-118-25-21-83)18-19-60(54)55-16-14-53(15-17-55)40-62(71(84)109)89-73(111)64(43-68(107)108)90-74(112)65(48-103)91-75(113)69(51(2)104)94-79(117)81(6,44-56-12-8-9-13-61(56)82)95-76(114)70(52(3)105)93-67(106)46-87-72(110)63(42-66-97-99-100-98-66)92-78(116)80(4,5)77(115)86-22-20-57-45-85-50-88-57/h8-9,12-19,41,45,47,50-52,62-65,69-70,103-105H,7,10-11,20-40,42-44,46,48-49,83H2,1-6H3,(H2,84,109)(H,85,88)(H,86,115)(H,87,110)(H,89,111)(H,90,112)(H,91,113)(H,92,116)(H,93,106)(H,94,117)(H,95,114)(H,107,108)(H,97,98,99,100)/t51-,52-,62+,63+,64+,65+,69+,70+,81?/m1/s1. The van der Waals surface area contributed by atoms with E-state index in [0.717, 1.165) is 56.4 Å². The number of tetrazole rings is 1. The monoisotopic (exact) mass is 1770 g/mol. The number of aliphatic hydroxyl groups excluding tert-OH is 3. The minimum atomic E-state index is -2.38. The predicted molar refractivity (Wildman–Crippen MR) is 444 cm³/mol. The van der Waals surface area contributed by atoms with Gasteiger partial charge in [-0.25, -0.2) is 9.37 Å². The summed E-state index contributed by atoms with van der Waals surface area (Å²) < 4.78 is 67.3. The van der Waals surface area contributed by atoms with Gasteiger partial charge in [-0.3, -0.25) is 57.4 Å². The second-order valence-corrected chi connectivity index (χ2v) is 29.6. The molecule has 3 aromatic carbocycles. The lowest BCUT2D eigenvalue weighted by molar-refractivity contribution is -0.143. The van der Waals surface area contributed by atoms with Crippen LogP contribution in [0.5, 0.6) is 5.75 Å². The molecular weight excluding hydrogens is 1660 g/mol. The summed E-state index contributed by atoms with van der Waals surface area (Å²) in [6, 6.07) is 6.61. The molecule has 0 aliphatic carbocycles. The van der Waals surface area contributed by atoms with E-state index in [2.05, 4.69) is 88.8 Å². The van der Waals surface area contributed by atoms with Gasteiger partial charge in [0.15, 0.2) is 5.82 Å². The van der Waals surface area contributed by atoms with Gasteiger partial charge in [-0.2, -0.15) is 5.21 Å². The number of aromatic nitrogens is 9. The highest BCUT2D eigenvalue weighted by atomic mass is 19.1. The highest BCUT2D eigenvalue weighted by Gasteiger charge is 2.43. The molecule has 0 saturated carbocycles. The van der Waals surface area contributed by atoms with Gasteiger partial charge in [0.1, 0.15) is 64.5 Å². The number of nitrogens with zero attached hydrogens (tertiary/aromatic N) is 7. The molecule has 0 aliphatic rings. The van der Waals surface area contributed by atoms with Gasteiger partial charge >= 0.3 is 5.97 Å². The quantitative estimate of drug-likeness (QED) is 0.0129. The minimum absolute atomic E-state index is 0.0631. The SMILES string of the molecule is CCc1cc(OCCCCn2cc(COCCOCCOCCOCCOCCOCCOCCOCCN)nn2)ccc1-c1ccc(C[C@H](NC(=O)[C@H](CC(=O)O)NC(=O)[C@H](CO)NC(=O)[C@@H](NC(=O)C(C)(Cc2ccccc2F)NC(=O)[C@@H](NC(=O)CNC(=O)[C@H](Cc2nn[nH]n2)NC(=O)C(C)(C)C(=O)NCCc2cnc[nH]2)[C@@H](C)O)[C@@H](C)O)C(N)=O)cc1. The zero-order valence-corrected chi connectivity index (χ0v) is 71.5. The Kier molecular flexibility index (Phi) is 45.7. The Morgan fingerprint density at radius 1 is 0.611 bits per heavy atom. The van der Waals surface area contributed by atoms with Crippen LogP contribution >= 0.6 is 0 Å². The number of nitrogens with two attached hydrogens (primary N) is 2. The molecule has 44 nitrogen and oxygen atoms in total. The summed E-state index contributed by atoms with van der Waals surface area (Å²) >= 11 is 0. The summed E-state index contributed by atoms with van der Waals surface area (Å²) in [7, 11) is 0. The van der Waals surface area contributed by atoms with E-state index in [9.17, 15) is 73.2 Å². The van der Waals surface area contributed by atoms with E-state index < -0.39 is 163 Å². The Morgan fingerprint density at radius 2 is 1.21 bits per heavy atom. The lowest BCUT2D eigenvalue weighted by atomic mass is 9.90. The first-order valence-corrected chi connectivity index (χ1v) is 41.1. The lowest BCUT2D eigenvalue weighted by Gasteiger charge is -2.34. The summed E-state index contributed by atoms with van der Waals surface area (Å²) in [6.45, 7) is 14.3. The van der Waals surface area contributed by atoms with Gasteiger partial charge in [0, 0.05) is 57.2 Å². The van der Waals surface area contributed by atoms with Gasteiger partial charge in [0.2, 0.25) is 59.1 Å². The van der Waals surface area contributed by atoms with Crippen molar-refractivity contribution in [3.05, 3.63) is 125 Å². The molecule has 19 N–H and O–H groups in total. The van der Waals surface area contributed by atoms with E-state index in [-0.39, 0.29) is 31.0 Å². The number of primary amides is 1. The number of carboxylic acid groups (broad SMARTS) is 1. The van der Waals surface area contributed by atoms with Crippen molar-refractivity contribution >= 4 is 65.0 Å². The highest BCUT2D eigenvalue weighted by molar-refractivity contribution is 6.06. The van der Waals surface area contributed by atoms with Crippen LogP contribution in [-0.2, 0) is 136 Å². The molecule has 126 heavy (non-hydrogen) atoms. The lowest BCUT2D eigenvalue weighted by Crippen LogP contribution is -2.67. The first kappa shape index (κ1) is 103. The number of aliphatic carboxylic acids is 1. The number of aliphatic hydroxyl groups is 3. The summed E-state index contributed by atoms with van der Waals surface area (Å²) in [4.78, 5) is 157. The van der Waals surface area contributed by atoms with Gasteiger partial charge in [-0.1, -0.05) is 65.9 Å². The number of unbranched alkanes of at least 4 members (excludes halogenated alkanes) is 1. The van der Waals surface area contributed by atoms with Crippen LogP contribution in [0.2, 0.25) is 0 Å². The Balaban J connectivity index is 0.940. The zero-order chi connectivity index (χ0) is 91.8. The topological polar surface area (TPSA) is 626 Å². The summed E-state index contributed by atoms with van der Waals surface area (Å²) in [5.74, 6) is -13.3. The van der Waals surface area contributed by atoms with Crippen LogP contribution in [-0.4, -0.2) is 317 Å². The van der Waals surface area contributed by atoms with Crippen molar-refractivity contribution < 1.29 is 120 Å². The van der Waals surface area contributed by atoms with Crippen molar-refractivity contribution in [1.82, 2.24) is 93.4 Å². The smallest absolute Gasteiger partial charge is 0.305 e. The van der Waals surface area contributed by atoms with E-state index in [4.69, 9.17) is 54.1 Å². The fourth-order valence-electron chi connectivity index (χ4n) is 12.0. The number of halogens is 1. The third kappa shape index (κ3) is 37.0. The van der Waals surface area contributed by atoms with Crippen LogP contribution in [0.25, 0.3) is 11.1 Å². The molecule has 3 aromatic heterocycles. The van der Waals surface area contributed by atoms with Crippen LogP contribution in [0.15, 0.2) is 85.5 Å². The molecule has 0 aliphatic heterocycles. The van der Waals surface area contributed by atoms with E-state index >= 15 is 4.39 Å². The van der Waals surface area contributed by atoms with Gasteiger partial charge in [-0.05, 0) is 99.9 Å². The minimum Gasteiger partial charge on any atom is -0.494 e. The van der Waals surface area contributed by atoms with E-state index in [1.165, 1.54) is 38.4 Å². The number of ether oxygens (including phenoxy) is 9. The number of H-pyrrole nitrogens is 2. The fourth-order valence-corrected chi connectivity index (χ4v) is 12.0. The maximum absolute atomic E-state index is 15.5. The first-order chi connectivity index (χ1) is 60.4. The number of carboxylic acids is 1. The van der Waals surface area contributed by atoms with Gasteiger partial charge in [0.25, 0.3) is 0 Å². The number of nitrogens with one attached hydrogen (secondary N) is 11. The van der Waals surface area contributed by atoms with Gasteiger partial charge in [-0.15, -0.1) is 15.3 Å². The third-order valence-corrected chi connectivity index (χ3v) is 19.1. The molecule has 1 unspecified atom stereocenters. The Morgan fingerprint density at radius 3 is 1.77 bits per heavy atom. The number of carbonyl (C=O) groups is 11. The molecule has 10 amide bonds. The van der Waals surface area contributed by atoms with E-state index in [1.807, 2.05) is 31.3 Å². The Labute approximate surface area is 726 Å². The number of hydrogen-bond donors (Lipinski definition) is 17. The maximum Gasteiger partial charge on any atom is 0.305 e. The number of carbonyl (C=O) groups excluding carboxylic acids is 10. The Hall–Kier alpha value is -11.5. The van der Waals surface area contributed by atoms with Crippen LogP contribution in [0.3, 0.4) is 0 Å². The number of aryl methyl sites for hydroxylation is 2. The van der Waals surface area contributed by atoms with E-state index in [0.29, 0.717) is 154 Å². The normalized spacial score (nSPS) is 13.8. The van der Waals surface area contributed by atoms with Gasteiger partial charge < -0.3 is 127 Å². The summed E-state index contributed by atoms with van der Waals surface area (Å²) in [5, 5.41) is 84.8. The zero-order valence-electron chi connectivity index (χ0n) is 71.5. The second-order valence-electron chi connectivity index (χ2n) is 29.6. The molecule has 0 spiro atoms. The molecule has 694 valence electrons. The van der Waals surface area contributed by atoms with Crippen molar-refractivity contribution in [1.29, 1.82) is 0 Å². The number of aromatic amines is 2. The predicted octanol–water partition coefficient (Wildman–Crippen LogP) is -3.64. The average Bonchev–Trinajstić information content (AvgIpc) is 0.992. The number of hydrogen-bond acceptors (Lipinski definition) is 30.